The number of aryl methyl sites for hydroxylation is 2. The quantitative estimate of drug-likeness (QED) is 0.498. The molecule has 7 nitrogen and oxygen atoms in total. The molecule has 0 unspecified atom stereocenters. The topological polar surface area (TPSA) is 61.1 Å². The van der Waals surface area contributed by atoms with Gasteiger partial charge in [-0.05, 0) is 44.4 Å². The van der Waals surface area contributed by atoms with Crippen LogP contribution in [0.5, 0.6) is 5.75 Å². The van der Waals surface area contributed by atoms with E-state index in [1.807, 2.05) is 29.6 Å². The third-order valence-corrected chi connectivity index (χ3v) is 6.12. The number of anilines is 1. The van der Waals surface area contributed by atoms with E-state index in [1.165, 1.54) is 5.56 Å². The van der Waals surface area contributed by atoms with E-state index >= 15 is 0 Å². The summed E-state index contributed by atoms with van der Waals surface area (Å²) in [5, 5.41) is 5.55. The monoisotopic (exact) mass is 444 g/mol. The van der Waals surface area contributed by atoms with Crippen molar-refractivity contribution in [2.75, 3.05) is 52.5 Å². The first kappa shape index (κ1) is 21.9. The van der Waals surface area contributed by atoms with Gasteiger partial charge in [0.25, 0.3) is 0 Å². The minimum Gasteiger partial charge on any atom is -0.497 e. The maximum absolute atomic E-state index is 6.64. The van der Waals surface area contributed by atoms with E-state index in [2.05, 4.69) is 4.90 Å². The van der Waals surface area contributed by atoms with Gasteiger partial charge in [-0.15, -0.1) is 0 Å². The molecule has 8 heteroatoms. The Balaban J connectivity index is 1.92. The van der Waals surface area contributed by atoms with Gasteiger partial charge in [0.15, 0.2) is 5.65 Å². The van der Waals surface area contributed by atoms with Gasteiger partial charge in [-0.1, -0.05) is 11.6 Å². The largest absolute Gasteiger partial charge is 0.497 e. The fourth-order valence-corrected chi connectivity index (χ4v) is 4.57. The Hall–Kier alpha value is -2.35. The van der Waals surface area contributed by atoms with Crippen LogP contribution < -0.4 is 9.64 Å². The number of aromatic nitrogens is 3. The van der Waals surface area contributed by atoms with Crippen LogP contribution in [0.25, 0.3) is 16.8 Å². The van der Waals surface area contributed by atoms with E-state index in [0.717, 1.165) is 72.1 Å². The number of methoxy groups -OCH3 is 3. The summed E-state index contributed by atoms with van der Waals surface area (Å²) in [6.45, 7) is 4.76. The van der Waals surface area contributed by atoms with Gasteiger partial charge in [-0.25, -0.2) is 4.98 Å². The smallest absolute Gasteiger partial charge is 0.165 e. The van der Waals surface area contributed by atoms with Crippen LogP contribution in [0.4, 0.5) is 5.82 Å². The minimum absolute atomic E-state index is 0.622. The first-order chi connectivity index (χ1) is 15.1. The van der Waals surface area contributed by atoms with Gasteiger partial charge in [0.1, 0.15) is 11.6 Å². The van der Waals surface area contributed by atoms with Crippen molar-refractivity contribution in [2.24, 2.45) is 0 Å². The zero-order valence-corrected chi connectivity index (χ0v) is 19.3. The number of hydrogen-bond acceptors (Lipinski definition) is 6. The van der Waals surface area contributed by atoms with Gasteiger partial charge in [-0.3, -0.25) is 0 Å². The Labute approximate surface area is 187 Å². The predicted octanol–water partition coefficient (Wildman–Crippen LogP) is 3.95. The summed E-state index contributed by atoms with van der Waals surface area (Å²) in [4.78, 5) is 7.36. The molecule has 4 rings (SSSR count). The lowest BCUT2D eigenvalue weighted by Crippen LogP contribution is -2.33. The fraction of sp³-hybridized carbons (Fsp3) is 0.478. The molecular weight excluding hydrogens is 416 g/mol. The van der Waals surface area contributed by atoms with E-state index in [-0.39, 0.29) is 0 Å². The molecule has 1 aliphatic carbocycles. The van der Waals surface area contributed by atoms with E-state index in [9.17, 15) is 0 Å². The minimum atomic E-state index is 0.622. The highest BCUT2D eigenvalue weighted by Gasteiger charge is 2.27. The summed E-state index contributed by atoms with van der Waals surface area (Å²) < 4.78 is 18.1. The van der Waals surface area contributed by atoms with Crippen molar-refractivity contribution in [3.05, 3.63) is 40.2 Å². The molecule has 166 valence electrons. The molecule has 0 N–H and O–H groups in total. The van der Waals surface area contributed by atoms with E-state index in [1.54, 1.807) is 21.3 Å². The number of nitrogens with zero attached hydrogens (tertiary/aromatic N) is 4. The van der Waals surface area contributed by atoms with Crippen molar-refractivity contribution in [1.82, 2.24) is 14.6 Å². The van der Waals surface area contributed by atoms with E-state index in [4.69, 9.17) is 35.9 Å². The van der Waals surface area contributed by atoms with Crippen molar-refractivity contribution in [2.45, 2.75) is 26.2 Å². The second kappa shape index (κ2) is 9.42. The SMILES string of the molecule is COCCN(CCOC)c1c2c(nc3c(-c4ccc(OC)cc4Cl)c(C)nn13)CCC2. The molecule has 0 saturated carbocycles. The molecule has 0 spiro atoms. The van der Waals surface area contributed by atoms with Crippen molar-refractivity contribution in [3.8, 4) is 16.9 Å². The molecule has 0 amide bonds. The Kier molecular flexibility index (Phi) is 6.65. The second-order valence-corrected chi connectivity index (χ2v) is 8.14. The molecule has 2 aromatic heterocycles. The molecule has 0 fully saturated rings. The van der Waals surface area contributed by atoms with Gasteiger partial charge in [0.05, 0.1) is 36.6 Å². The van der Waals surface area contributed by atoms with Crippen LogP contribution >= 0.6 is 11.6 Å². The lowest BCUT2D eigenvalue weighted by Gasteiger charge is -2.27. The third-order valence-electron chi connectivity index (χ3n) is 5.81. The molecule has 0 atom stereocenters. The summed E-state index contributed by atoms with van der Waals surface area (Å²) in [6, 6.07) is 5.73. The standard InChI is InChI=1S/C23H29ClN4O3/c1-15-21(17-9-8-16(31-4)14-19(17)24)22-25-20-7-5-6-18(20)23(28(22)26-15)27(10-12-29-2)11-13-30-3/h8-9,14H,5-7,10-13H2,1-4H3. The first-order valence-electron chi connectivity index (χ1n) is 10.6. The van der Waals surface area contributed by atoms with Crippen LogP contribution in [-0.2, 0) is 22.3 Å². The highest BCUT2D eigenvalue weighted by atomic mass is 35.5. The zero-order chi connectivity index (χ0) is 22.0. The lowest BCUT2D eigenvalue weighted by molar-refractivity contribution is 0.189. The van der Waals surface area contributed by atoms with Crippen molar-refractivity contribution in [3.63, 3.8) is 0 Å². The van der Waals surface area contributed by atoms with Crippen LogP contribution in [0.15, 0.2) is 18.2 Å². The maximum Gasteiger partial charge on any atom is 0.165 e. The molecule has 31 heavy (non-hydrogen) atoms. The van der Waals surface area contributed by atoms with Gasteiger partial charge in [0.2, 0.25) is 0 Å². The molecule has 0 bridgehead atoms. The summed E-state index contributed by atoms with van der Waals surface area (Å²) in [6.07, 6.45) is 3.07. The van der Waals surface area contributed by atoms with E-state index in [0.29, 0.717) is 18.2 Å². The highest BCUT2D eigenvalue weighted by molar-refractivity contribution is 6.33. The van der Waals surface area contributed by atoms with Crippen LogP contribution in [0.3, 0.4) is 0 Å². The average Bonchev–Trinajstić information content (AvgIpc) is 3.36. The van der Waals surface area contributed by atoms with Crippen molar-refractivity contribution >= 4 is 23.1 Å². The Morgan fingerprint density at radius 2 is 1.84 bits per heavy atom. The van der Waals surface area contributed by atoms with Crippen molar-refractivity contribution in [1.29, 1.82) is 0 Å². The summed E-state index contributed by atoms with van der Waals surface area (Å²) in [7, 11) is 5.09. The highest BCUT2D eigenvalue weighted by Crippen LogP contribution is 2.39. The fourth-order valence-electron chi connectivity index (χ4n) is 4.31. The lowest BCUT2D eigenvalue weighted by atomic mass is 10.1. The number of halogens is 1. The molecule has 0 aliphatic heterocycles. The first-order valence-corrected chi connectivity index (χ1v) is 10.9. The summed E-state index contributed by atoms with van der Waals surface area (Å²) in [5.41, 5.74) is 6.01. The van der Waals surface area contributed by atoms with Crippen LogP contribution in [-0.4, -0.2) is 62.2 Å². The molecule has 3 aromatic rings. The molecule has 1 aliphatic rings. The predicted molar refractivity (Wildman–Crippen MR) is 123 cm³/mol. The average molecular weight is 445 g/mol. The van der Waals surface area contributed by atoms with Gasteiger partial charge >= 0.3 is 0 Å². The summed E-state index contributed by atoms with van der Waals surface area (Å²) >= 11 is 6.64. The van der Waals surface area contributed by atoms with E-state index < -0.39 is 0 Å². The second-order valence-electron chi connectivity index (χ2n) is 7.73. The zero-order valence-electron chi connectivity index (χ0n) is 18.6. The molecule has 2 heterocycles. The van der Waals surface area contributed by atoms with Crippen molar-refractivity contribution < 1.29 is 14.2 Å². The van der Waals surface area contributed by atoms with Gasteiger partial charge < -0.3 is 19.1 Å². The van der Waals surface area contributed by atoms with Gasteiger partial charge in [-0.2, -0.15) is 9.61 Å². The summed E-state index contributed by atoms with van der Waals surface area (Å²) in [5.74, 6) is 1.81. The number of benzene rings is 1. The van der Waals surface area contributed by atoms with Gasteiger partial charge in [0, 0.05) is 44.1 Å². The van der Waals surface area contributed by atoms with Crippen LogP contribution in [0, 0.1) is 6.92 Å². The Bertz CT molecular complexity index is 1070. The number of rotatable bonds is 9. The van der Waals surface area contributed by atoms with Crippen LogP contribution in [0.1, 0.15) is 23.4 Å². The Morgan fingerprint density at radius 3 is 2.48 bits per heavy atom. The maximum atomic E-state index is 6.64. The third kappa shape index (κ3) is 4.10. The molecule has 1 aromatic carbocycles. The normalized spacial score (nSPS) is 13.1. The van der Waals surface area contributed by atoms with Crippen LogP contribution in [0.2, 0.25) is 5.02 Å². The molecule has 0 saturated heterocycles. The Morgan fingerprint density at radius 1 is 1.10 bits per heavy atom. The molecule has 0 radical (unpaired) electrons. The number of hydrogen-bond donors (Lipinski definition) is 0. The molecular formula is C23H29ClN4O3. The number of ether oxygens (including phenoxy) is 3. The number of fused-ring (bicyclic) bond motifs is 2.